The lowest BCUT2D eigenvalue weighted by Crippen LogP contribution is -2.38. The molecule has 1 heterocycles. The van der Waals surface area contributed by atoms with E-state index in [1.54, 1.807) is 0 Å². The van der Waals surface area contributed by atoms with Crippen molar-refractivity contribution >= 4 is 16.0 Å². The summed E-state index contributed by atoms with van der Waals surface area (Å²) >= 11 is 0. The van der Waals surface area contributed by atoms with Crippen LogP contribution in [0.25, 0.3) is 0 Å². The largest absolute Gasteiger partial charge is 0.478 e. The van der Waals surface area contributed by atoms with Gasteiger partial charge in [-0.3, -0.25) is 0 Å². The summed E-state index contributed by atoms with van der Waals surface area (Å²) in [5.41, 5.74) is -0.267. The standard InChI is InChI=1S/C14H18FNO4S/c1-2-10-5-7-16(8-6-10)21(19,20)13-4-3-11(14(17)18)9-12(13)15/h3-4,9-10H,2,5-8H2,1H3,(H,17,18). The molecule has 1 saturated heterocycles. The van der Waals surface area contributed by atoms with Crippen LogP contribution in [0.4, 0.5) is 4.39 Å². The Hall–Kier alpha value is -1.47. The predicted molar refractivity (Wildman–Crippen MR) is 75.1 cm³/mol. The second-order valence-electron chi connectivity index (χ2n) is 5.21. The first-order valence-electron chi connectivity index (χ1n) is 6.89. The van der Waals surface area contributed by atoms with E-state index in [0.29, 0.717) is 19.0 Å². The highest BCUT2D eigenvalue weighted by molar-refractivity contribution is 7.89. The number of hydrogen-bond donors (Lipinski definition) is 1. The van der Waals surface area contributed by atoms with Gasteiger partial charge in [0.05, 0.1) is 5.56 Å². The van der Waals surface area contributed by atoms with E-state index in [-0.39, 0.29) is 5.56 Å². The minimum Gasteiger partial charge on any atom is -0.478 e. The van der Waals surface area contributed by atoms with Gasteiger partial charge in [0.1, 0.15) is 10.7 Å². The van der Waals surface area contributed by atoms with Crippen LogP contribution in [0.5, 0.6) is 0 Å². The maximum absolute atomic E-state index is 13.9. The molecule has 1 aromatic rings. The van der Waals surface area contributed by atoms with Crippen LogP contribution >= 0.6 is 0 Å². The normalized spacial score (nSPS) is 17.8. The molecule has 0 atom stereocenters. The van der Waals surface area contributed by atoms with Crippen LogP contribution < -0.4 is 0 Å². The summed E-state index contributed by atoms with van der Waals surface area (Å²) in [5, 5.41) is 8.78. The number of carbonyl (C=O) groups is 1. The maximum Gasteiger partial charge on any atom is 0.335 e. The summed E-state index contributed by atoms with van der Waals surface area (Å²) in [6.45, 7) is 2.82. The van der Waals surface area contributed by atoms with E-state index in [1.165, 1.54) is 4.31 Å². The van der Waals surface area contributed by atoms with Crippen molar-refractivity contribution in [3.63, 3.8) is 0 Å². The molecule has 1 aromatic carbocycles. The molecule has 21 heavy (non-hydrogen) atoms. The van der Waals surface area contributed by atoms with Gasteiger partial charge >= 0.3 is 5.97 Å². The predicted octanol–water partition coefficient (Wildman–Crippen LogP) is 2.33. The molecule has 0 aromatic heterocycles. The fourth-order valence-corrected chi connectivity index (χ4v) is 4.06. The number of hydrogen-bond acceptors (Lipinski definition) is 3. The van der Waals surface area contributed by atoms with Gasteiger partial charge in [0, 0.05) is 13.1 Å². The molecule has 0 bridgehead atoms. The van der Waals surface area contributed by atoms with Gasteiger partial charge in [0.25, 0.3) is 0 Å². The average Bonchev–Trinajstić information content (AvgIpc) is 2.46. The summed E-state index contributed by atoms with van der Waals surface area (Å²) in [7, 11) is -3.90. The zero-order chi connectivity index (χ0) is 15.6. The molecule has 0 amide bonds. The lowest BCUT2D eigenvalue weighted by Gasteiger charge is -2.30. The minimum absolute atomic E-state index is 0.267. The zero-order valence-corrected chi connectivity index (χ0v) is 12.6. The number of nitrogens with zero attached hydrogens (tertiary/aromatic N) is 1. The maximum atomic E-state index is 13.9. The molecule has 0 radical (unpaired) electrons. The van der Waals surface area contributed by atoms with Crippen molar-refractivity contribution in [2.75, 3.05) is 13.1 Å². The van der Waals surface area contributed by atoms with Crippen molar-refractivity contribution < 1.29 is 22.7 Å². The molecule has 1 N–H and O–H groups in total. The first kappa shape index (κ1) is 15.9. The average molecular weight is 315 g/mol. The van der Waals surface area contributed by atoms with E-state index in [2.05, 4.69) is 6.92 Å². The van der Waals surface area contributed by atoms with Crippen molar-refractivity contribution in [1.82, 2.24) is 4.31 Å². The van der Waals surface area contributed by atoms with Gasteiger partial charge < -0.3 is 5.11 Å². The van der Waals surface area contributed by atoms with E-state index in [9.17, 15) is 17.6 Å². The molecular weight excluding hydrogens is 297 g/mol. The quantitative estimate of drug-likeness (QED) is 0.925. The van der Waals surface area contributed by atoms with Crippen molar-refractivity contribution in [2.24, 2.45) is 5.92 Å². The molecule has 116 valence electrons. The van der Waals surface area contributed by atoms with Crippen LogP contribution in [0.2, 0.25) is 0 Å². The summed E-state index contributed by atoms with van der Waals surface area (Å²) in [6.07, 6.45) is 2.55. The number of carboxylic acids is 1. The highest BCUT2D eigenvalue weighted by Gasteiger charge is 2.31. The van der Waals surface area contributed by atoms with E-state index >= 15 is 0 Å². The fraction of sp³-hybridized carbons (Fsp3) is 0.500. The van der Waals surface area contributed by atoms with Gasteiger partial charge in [0.2, 0.25) is 10.0 Å². The Kier molecular flexibility index (Phi) is 4.63. The second-order valence-corrected chi connectivity index (χ2v) is 7.11. The van der Waals surface area contributed by atoms with E-state index in [4.69, 9.17) is 5.11 Å². The molecule has 5 nitrogen and oxygen atoms in total. The summed E-state index contributed by atoms with van der Waals surface area (Å²) in [5.74, 6) is -1.80. The number of benzene rings is 1. The topological polar surface area (TPSA) is 74.7 Å². The molecule has 1 aliphatic heterocycles. The SMILES string of the molecule is CCC1CCN(S(=O)(=O)c2ccc(C(=O)O)cc2F)CC1. The van der Waals surface area contributed by atoms with Gasteiger partial charge in [0.15, 0.2) is 0 Å². The highest BCUT2D eigenvalue weighted by Crippen LogP contribution is 2.27. The molecule has 0 aliphatic carbocycles. The molecular formula is C14H18FNO4S. The monoisotopic (exact) mass is 315 g/mol. The third-order valence-electron chi connectivity index (χ3n) is 3.95. The Bertz CT molecular complexity index is 636. The van der Waals surface area contributed by atoms with Gasteiger partial charge in [-0.2, -0.15) is 4.31 Å². The van der Waals surface area contributed by atoms with Gasteiger partial charge in [-0.15, -0.1) is 0 Å². The Labute approximate surface area is 123 Å². The third-order valence-corrected chi connectivity index (χ3v) is 5.88. The zero-order valence-electron chi connectivity index (χ0n) is 11.8. The van der Waals surface area contributed by atoms with Crippen molar-refractivity contribution in [3.8, 4) is 0 Å². The fourth-order valence-electron chi connectivity index (χ4n) is 2.54. The smallest absolute Gasteiger partial charge is 0.335 e. The first-order chi connectivity index (χ1) is 9.86. The van der Waals surface area contributed by atoms with Crippen LogP contribution in [-0.2, 0) is 10.0 Å². The highest BCUT2D eigenvalue weighted by atomic mass is 32.2. The van der Waals surface area contributed by atoms with Crippen LogP contribution in [0, 0.1) is 11.7 Å². The van der Waals surface area contributed by atoms with Crippen LogP contribution in [0.3, 0.4) is 0 Å². The summed E-state index contributed by atoms with van der Waals surface area (Å²) < 4.78 is 40.1. The van der Waals surface area contributed by atoms with Crippen molar-refractivity contribution in [2.45, 2.75) is 31.1 Å². The number of halogens is 1. The number of carboxylic acid groups (broad SMARTS) is 1. The first-order valence-corrected chi connectivity index (χ1v) is 8.33. The molecule has 0 spiro atoms. The molecule has 7 heteroatoms. The summed E-state index contributed by atoms with van der Waals surface area (Å²) in [6, 6.07) is 2.88. The lowest BCUT2D eigenvalue weighted by molar-refractivity contribution is 0.0696. The molecule has 0 unspecified atom stereocenters. The van der Waals surface area contributed by atoms with Gasteiger partial charge in [-0.05, 0) is 37.0 Å². The van der Waals surface area contributed by atoms with Gasteiger partial charge in [-0.25, -0.2) is 17.6 Å². The number of rotatable bonds is 4. The van der Waals surface area contributed by atoms with Crippen molar-refractivity contribution in [1.29, 1.82) is 0 Å². The van der Waals surface area contributed by atoms with E-state index in [0.717, 1.165) is 37.5 Å². The Morgan fingerprint density at radius 2 is 2.00 bits per heavy atom. The van der Waals surface area contributed by atoms with E-state index < -0.39 is 26.7 Å². The lowest BCUT2D eigenvalue weighted by atomic mass is 9.96. The number of piperidine rings is 1. The van der Waals surface area contributed by atoms with Crippen molar-refractivity contribution in [3.05, 3.63) is 29.6 Å². The number of aromatic carboxylic acids is 1. The van der Waals surface area contributed by atoms with E-state index in [1.807, 2.05) is 0 Å². The minimum atomic E-state index is -3.90. The number of sulfonamides is 1. The van der Waals surface area contributed by atoms with Crippen LogP contribution in [-0.4, -0.2) is 36.9 Å². The molecule has 2 rings (SSSR count). The van der Waals surface area contributed by atoms with Crippen LogP contribution in [0.1, 0.15) is 36.5 Å². The van der Waals surface area contributed by atoms with Crippen LogP contribution in [0.15, 0.2) is 23.1 Å². The Morgan fingerprint density at radius 3 is 2.48 bits per heavy atom. The molecule has 1 aliphatic rings. The third kappa shape index (κ3) is 3.24. The molecule has 1 fully saturated rings. The molecule has 0 saturated carbocycles. The summed E-state index contributed by atoms with van der Waals surface area (Å²) in [4.78, 5) is 10.3. The Morgan fingerprint density at radius 1 is 1.38 bits per heavy atom. The second kappa shape index (κ2) is 6.11. The Balaban J connectivity index is 2.26. The van der Waals surface area contributed by atoms with Gasteiger partial charge in [-0.1, -0.05) is 13.3 Å².